The topological polar surface area (TPSA) is 78.4 Å². The first-order chi connectivity index (χ1) is 6.65. The van der Waals surface area contributed by atoms with Crippen LogP contribution in [0.5, 0.6) is 5.75 Å². The Kier molecular flexibility index (Phi) is 3.67. The van der Waals surface area contributed by atoms with Crippen molar-refractivity contribution < 1.29 is 9.66 Å². The number of nitro benzene ring substituents is 1. The first-order valence-corrected chi connectivity index (χ1v) is 4.29. The van der Waals surface area contributed by atoms with Gasteiger partial charge in [-0.3, -0.25) is 10.1 Å². The fourth-order valence-electron chi connectivity index (χ4n) is 0.889. The van der Waals surface area contributed by atoms with Gasteiger partial charge in [-0.15, -0.1) is 0 Å². The van der Waals surface area contributed by atoms with Gasteiger partial charge < -0.3 is 10.5 Å². The van der Waals surface area contributed by atoms with Crippen molar-refractivity contribution in [3.63, 3.8) is 0 Å². The quantitative estimate of drug-likeness (QED) is 0.612. The SMILES string of the molecule is NCCOc1ccc([N+](=O)[O-])cc1Cl. The van der Waals surface area contributed by atoms with Gasteiger partial charge in [-0.05, 0) is 6.07 Å². The highest BCUT2D eigenvalue weighted by Crippen LogP contribution is 2.28. The molecule has 1 aromatic carbocycles. The number of benzene rings is 1. The fourth-order valence-corrected chi connectivity index (χ4v) is 1.12. The van der Waals surface area contributed by atoms with E-state index in [1.807, 2.05) is 0 Å². The summed E-state index contributed by atoms with van der Waals surface area (Å²) in [5.74, 6) is 0.405. The molecule has 0 saturated heterocycles. The maximum atomic E-state index is 10.4. The third-order valence-corrected chi connectivity index (χ3v) is 1.80. The van der Waals surface area contributed by atoms with E-state index in [0.717, 1.165) is 0 Å². The van der Waals surface area contributed by atoms with Crippen molar-refractivity contribution in [1.82, 2.24) is 0 Å². The smallest absolute Gasteiger partial charge is 0.271 e. The largest absolute Gasteiger partial charge is 0.491 e. The highest BCUT2D eigenvalue weighted by atomic mass is 35.5. The summed E-state index contributed by atoms with van der Waals surface area (Å²) in [7, 11) is 0. The van der Waals surface area contributed by atoms with Crippen LogP contribution in [-0.4, -0.2) is 18.1 Å². The lowest BCUT2D eigenvalue weighted by Gasteiger charge is -2.05. The van der Waals surface area contributed by atoms with Gasteiger partial charge in [-0.2, -0.15) is 0 Å². The van der Waals surface area contributed by atoms with Crippen LogP contribution in [0.25, 0.3) is 0 Å². The second-order valence-corrected chi connectivity index (χ2v) is 2.92. The minimum absolute atomic E-state index is 0.0601. The minimum Gasteiger partial charge on any atom is -0.491 e. The molecule has 0 fully saturated rings. The molecule has 0 heterocycles. The second-order valence-electron chi connectivity index (χ2n) is 2.51. The van der Waals surface area contributed by atoms with Gasteiger partial charge in [0, 0.05) is 18.7 Å². The Morgan fingerprint density at radius 1 is 1.57 bits per heavy atom. The molecule has 2 N–H and O–H groups in total. The van der Waals surface area contributed by atoms with Crippen molar-refractivity contribution in [3.8, 4) is 5.75 Å². The Labute approximate surface area is 85.6 Å². The van der Waals surface area contributed by atoms with Crippen molar-refractivity contribution in [2.45, 2.75) is 0 Å². The number of nitrogens with two attached hydrogens (primary N) is 1. The van der Waals surface area contributed by atoms with Gasteiger partial charge in [0.25, 0.3) is 5.69 Å². The predicted octanol–water partition coefficient (Wildman–Crippen LogP) is 1.59. The lowest BCUT2D eigenvalue weighted by Crippen LogP contribution is -2.10. The van der Waals surface area contributed by atoms with E-state index in [-0.39, 0.29) is 10.7 Å². The van der Waals surface area contributed by atoms with Crippen LogP contribution in [0.1, 0.15) is 0 Å². The van der Waals surface area contributed by atoms with E-state index in [1.54, 1.807) is 0 Å². The molecule has 1 aromatic rings. The zero-order valence-electron chi connectivity index (χ0n) is 7.27. The summed E-state index contributed by atoms with van der Waals surface area (Å²) >= 11 is 5.74. The number of hydrogen-bond acceptors (Lipinski definition) is 4. The normalized spacial score (nSPS) is 9.86. The maximum absolute atomic E-state index is 10.4. The molecule has 76 valence electrons. The molecule has 0 amide bonds. The summed E-state index contributed by atoms with van der Waals surface area (Å²) in [4.78, 5) is 9.85. The molecule has 0 saturated carbocycles. The molecule has 0 spiro atoms. The Hall–Kier alpha value is -1.33. The van der Waals surface area contributed by atoms with Crippen LogP contribution in [0, 0.1) is 10.1 Å². The summed E-state index contributed by atoms with van der Waals surface area (Å²) in [6, 6.07) is 4.03. The van der Waals surface area contributed by atoms with E-state index in [2.05, 4.69) is 0 Å². The molecule has 0 unspecified atom stereocenters. The van der Waals surface area contributed by atoms with Crippen LogP contribution in [0.4, 0.5) is 5.69 Å². The summed E-state index contributed by atoms with van der Waals surface area (Å²) < 4.78 is 5.14. The first-order valence-electron chi connectivity index (χ1n) is 3.92. The molecule has 0 aromatic heterocycles. The standard InChI is InChI=1S/C8H9ClN2O3/c9-7-5-6(11(12)13)1-2-8(7)14-4-3-10/h1-2,5H,3-4,10H2. The number of ether oxygens (including phenoxy) is 1. The highest BCUT2D eigenvalue weighted by molar-refractivity contribution is 6.32. The Morgan fingerprint density at radius 2 is 2.29 bits per heavy atom. The van der Waals surface area contributed by atoms with Gasteiger partial charge in [-0.1, -0.05) is 11.6 Å². The van der Waals surface area contributed by atoms with Crippen LogP contribution in [0.3, 0.4) is 0 Å². The maximum Gasteiger partial charge on any atom is 0.271 e. The Bertz CT molecular complexity index is 343. The average Bonchev–Trinajstić information content (AvgIpc) is 2.15. The third kappa shape index (κ3) is 2.58. The molecule has 14 heavy (non-hydrogen) atoms. The summed E-state index contributed by atoms with van der Waals surface area (Å²) in [5, 5.41) is 10.6. The molecule has 0 aliphatic heterocycles. The van der Waals surface area contributed by atoms with Gasteiger partial charge in [0.1, 0.15) is 12.4 Å². The van der Waals surface area contributed by atoms with Crippen LogP contribution in [0.15, 0.2) is 18.2 Å². The molecular weight excluding hydrogens is 208 g/mol. The molecule has 5 nitrogen and oxygen atoms in total. The molecule has 0 radical (unpaired) electrons. The van der Waals surface area contributed by atoms with E-state index in [0.29, 0.717) is 18.9 Å². The average molecular weight is 217 g/mol. The monoisotopic (exact) mass is 216 g/mol. The van der Waals surface area contributed by atoms with E-state index >= 15 is 0 Å². The van der Waals surface area contributed by atoms with Gasteiger partial charge in [0.15, 0.2) is 0 Å². The van der Waals surface area contributed by atoms with E-state index in [9.17, 15) is 10.1 Å². The molecular formula is C8H9ClN2O3. The van der Waals surface area contributed by atoms with E-state index in [4.69, 9.17) is 22.1 Å². The van der Waals surface area contributed by atoms with E-state index < -0.39 is 4.92 Å². The van der Waals surface area contributed by atoms with Gasteiger partial charge >= 0.3 is 0 Å². The van der Waals surface area contributed by atoms with Crippen molar-refractivity contribution in [2.24, 2.45) is 5.73 Å². The lowest BCUT2D eigenvalue weighted by molar-refractivity contribution is -0.384. The molecule has 6 heteroatoms. The number of nitro groups is 1. The van der Waals surface area contributed by atoms with Crippen molar-refractivity contribution in [3.05, 3.63) is 33.3 Å². The summed E-state index contributed by atoms with van der Waals surface area (Å²) in [6.45, 7) is 0.699. The summed E-state index contributed by atoms with van der Waals surface area (Å²) in [5.41, 5.74) is 5.17. The number of nitrogens with zero attached hydrogens (tertiary/aromatic N) is 1. The molecule has 0 aliphatic carbocycles. The second kappa shape index (κ2) is 4.78. The Balaban J connectivity index is 2.84. The van der Waals surface area contributed by atoms with Crippen LogP contribution in [0.2, 0.25) is 5.02 Å². The zero-order valence-corrected chi connectivity index (χ0v) is 8.03. The van der Waals surface area contributed by atoms with E-state index in [1.165, 1.54) is 18.2 Å². The molecule has 0 bridgehead atoms. The highest BCUT2D eigenvalue weighted by Gasteiger charge is 2.09. The lowest BCUT2D eigenvalue weighted by atomic mass is 10.3. The van der Waals surface area contributed by atoms with Crippen LogP contribution < -0.4 is 10.5 Å². The molecule has 0 atom stereocenters. The number of non-ortho nitro benzene ring substituents is 1. The molecule has 0 aliphatic rings. The third-order valence-electron chi connectivity index (χ3n) is 1.50. The van der Waals surface area contributed by atoms with Crippen molar-refractivity contribution in [2.75, 3.05) is 13.2 Å². The van der Waals surface area contributed by atoms with Crippen molar-refractivity contribution in [1.29, 1.82) is 0 Å². The first kappa shape index (κ1) is 10.7. The summed E-state index contributed by atoms with van der Waals surface area (Å²) in [6.07, 6.45) is 0. The minimum atomic E-state index is -0.515. The number of halogens is 1. The van der Waals surface area contributed by atoms with Crippen molar-refractivity contribution >= 4 is 17.3 Å². The number of rotatable bonds is 4. The van der Waals surface area contributed by atoms with Gasteiger partial charge in [0.2, 0.25) is 0 Å². The fraction of sp³-hybridized carbons (Fsp3) is 0.250. The predicted molar refractivity (Wildman–Crippen MR) is 52.7 cm³/mol. The van der Waals surface area contributed by atoms with Crippen LogP contribution in [-0.2, 0) is 0 Å². The van der Waals surface area contributed by atoms with Gasteiger partial charge in [-0.25, -0.2) is 0 Å². The van der Waals surface area contributed by atoms with Crippen LogP contribution >= 0.6 is 11.6 Å². The zero-order chi connectivity index (χ0) is 10.6. The number of hydrogen-bond donors (Lipinski definition) is 1. The molecule has 1 rings (SSSR count). The van der Waals surface area contributed by atoms with Gasteiger partial charge in [0.05, 0.1) is 9.95 Å². The Morgan fingerprint density at radius 3 is 2.79 bits per heavy atom.